The number of unbranched alkanes of at least 4 members (excludes halogenated alkanes) is 1. The summed E-state index contributed by atoms with van der Waals surface area (Å²) < 4.78 is 18.7. The van der Waals surface area contributed by atoms with Gasteiger partial charge in [-0.3, -0.25) is 9.59 Å². The van der Waals surface area contributed by atoms with Gasteiger partial charge < -0.3 is 15.0 Å². The largest absolute Gasteiger partial charge is 0.497 e. The van der Waals surface area contributed by atoms with Crippen molar-refractivity contribution in [3.63, 3.8) is 0 Å². The van der Waals surface area contributed by atoms with Crippen LogP contribution in [0.2, 0.25) is 0 Å². The Morgan fingerprint density at radius 1 is 1.23 bits per heavy atom. The number of aryl methyl sites for hydroxylation is 1. The van der Waals surface area contributed by atoms with Gasteiger partial charge in [-0.15, -0.1) is 0 Å². The molecule has 0 bridgehead atoms. The van der Waals surface area contributed by atoms with Gasteiger partial charge >= 0.3 is 0 Å². The van der Waals surface area contributed by atoms with Crippen LogP contribution in [0.3, 0.4) is 0 Å². The van der Waals surface area contributed by atoms with Gasteiger partial charge in [-0.2, -0.15) is 0 Å². The first-order chi connectivity index (χ1) is 14.4. The second-order valence-electron chi connectivity index (χ2n) is 7.77. The Balaban J connectivity index is 1.79. The minimum Gasteiger partial charge on any atom is -0.497 e. The molecule has 2 aromatic rings. The van der Waals surface area contributed by atoms with Crippen LogP contribution in [-0.4, -0.2) is 30.4 Å². The van der Waals surface area contributed by atoms with Crippen molar-refractivity contribution >= 4 is 11.8 Å². The van der Waals surface area contributed by atoms with Gasteiger partial charge in [0.2, 0.25) is 11.8 Å². The predicted octanol–water partition coefficient (Wildman–Crippen LogP) is 4.15. The number of likely N-dealkylation sites (tertiary alicyclic amines) is 1. The topological polar surface area (TPSA) is 58.6 Å². The zero-order chi connectivity index (χ0) is 21.7. The molecule has 30 heavy (non-hydrogen) atoms. The van der Waals surface area contributed by atoms with Crippen LogP contribution in [0.5, 0.6) is 5.75 Å². The number of carbonyl (C=O) groups is 2. The number of carbonyl (C=O) groups excluding carboxylic acids is 2. The van der Waals surface area contributed by atoms with Gasteiger partial charge in [0.1, 0.15) is 11.6 Å². The van der Waals surface area contributed by atoms with E-state index in [1.807, 2.05) is 29.2 Å². The van der Waals surface area contributed by atoms with Crippen LogP contribution in [0, 0.1) is 18.7 Å². The Morgan fingerprint density at radius 3 is 2.60 bits per heavy atom. The Morgan fingerprint density at radius 2 is 1.97 bits per heavy atom. The number of methoxy groups -OCH3 is 1. The molecule has 5 nitrogen and oxygen atoms in total. The van der Waals surface area contributed by atoms with Crippen LogP contribution in [0.1, 0.15) is 48.9 Å². The standard InChI is InChI=1S/C24H29FN2O3/c1-4-5-12-27-22(28)14-20(23(27)18-7-9-19(30-3)10-8-18)24(29)26-15-17-6-11-21(25)16(2)13-17/h6-11,13,20,23H,4-5,12,14-15H2,1-3H3,(H,26,29). The van der Waals surface area contributed by atoms with Gasteiger partial charge in [-0.1, -0.05) is 37.6 Å². The molecule has 160 valence electrons. The van der Waals surface area contributed by atoms with Gasteiger partial charge in [-0.25, -0.2) is 4.39 Å². The van der Waals surface area contributed by atoms with Crippen molar-refractivity contribution in [2.45, 2.75) is 45.7 Å². The Hall–Kier alpha value is -2.89. The number of nitrogens with one attached hydrogen (secondary N) is 1. The van der Waals surface area contributed by atoms with Gasteiger partial charge in [-0.05, 0) is 48.2 Å². The molecule has 0 aromatic heterocycles. The molecule has 1 heterocycles. The number of hydrogen-bond donors (Lipinski definition) is 1. The SMILES string of the molecule is CCCCN1C(=O)CC(C(=O)NCc2ccc(F)c(C)c2)C1c1ccc(OC)cc1. The second kappa shape index (κ2) is 9.74. The number of nitrogens with zero attached hydrogens (tertiary/aromatic N) is 1. The molecule has 1 saturated heterocycles. The van der Waals surface area contributed by atoms with Gasteiger partial charge in [0, 0.05) is 19.5 Å². The van der Waals surface area contributed by atoms with E-state index in [2.05, 4.69) is 12.2 Å². The number of hydrogen-bond acceptors (Lipinski definition) is 3. The quantitative estimate of drug-likeness (QED) is 0.709. The lowest BCUT2D eigenvalue weighted by molar-refractivity contribution is -0.129. The Kier molecular flexibility index (Phi) is 7.08. The maximum atomic E-state index is 13.5. The van der Waals surface area contributed by atoms with Gasteiger partial charge in [0.15, 0.2) is 0 Å². The minimum atomic E-state index is -0.468. The van der Waals surface area contributed by atoms with Crippen molar-refractivity contribution in [2.24, 2.45) is 5.92 Å². The fourth-order valence-corrected chi connectivity index (χ4v) is 3.97. The summed E-state index contributed by atoms with van der Waals surface area (Å²) in [6.45, 7) is 4.71. The minimum absolute atomic E-state index is 0.00189. The summed E-state index contributed by atoms with van der Waals surface area (Å²) in [5, 5.41) is 2.94. The van der Waals surface area contributed by atoms with E-state index >= 15 is 0 Å². The highest BCUT2D eigenvalue weighted by atomic mass is 19.1. The molecule has 0 radical (unpaired) electrons. The second-order valence-corrected chi connectivity index (χ2v) is 7.77. The number of benzene rings is 2. The van der Waals surface area contributed by atoms with E-state index in [1.165, 1.54) is 6.07 Å². The molecule has 2 amide bonds. The lowest BCUT2D eigenvalue weighted by Gasteiger charge is -2.28. The van der Waals surface area contributed by atoms with Crippen LogP contribution in [0.15, 0.2) is 42.5 Å². The van der Waals surface area contributed by atoms with Crippen LogP contribution < -0.4 is 10.1 Å². The maximum absolute atomic E-state index is 13.5. The van der Waals surface area contributed by atoms with E-state index in [-0.39, 0.29) is 30.1 Å². The number of amides is 2. The highest BCUT2D eigenvalue weighted by Crippen LogP contribution is 2.39. The average molecular weight is 413 g/mol. The molecule has 3 rings (SSSR count). The monoisotopic (exact) mass is 412 g/mol. The van der Waals surface area contributed by atoms with Crippen molar-refractivity contribution in [2.75, 3.05) is 13.7 Å². The summed E-state index contributed by atoms with van der Waals surface area (Å²) >= 11 is 0. The van der Waals surface area contributed by atoms with Crippen molar-refractivity contribution in [3.05, 3.63) is 65.0 Å². The molecule has 2 unspecified atom stereocenters. The van der Waals surface area contributed by atoms with E-state index < -0.39 is 5.92 Å². The number of rotatable bonds is 8. The van der Waals surface area contributed by atoms with Crippen LogP contribution in [-0.2, 0) is 16.1 Å². The Bertz CT molecular complexity index is 898. The predicted molar refractivity (Wildman–Crippen MR) is 113 cm³/mol. The molecular formula is C24H29FN2O3. The van der Waals surface area contributed by atoms with Crippen LogP contribution in [0.25, 0.3) is 0 Å². The third-order valence-corrected chi connectivity index (χ3v) is 5.67. The Labute approximate surface area is 177 Å². The van der Waals surface area contributed by atoms with Gasteiger partial charge in [0.05, 0.1) is 19.1 Å². The molecule has 1 N–H and O–H groups in total. The highest BCUT2D eigenvalue weighted by molar-refractivity contribution is 5.90. The summed E-state index contributed by atoms with van der Waals surface area (Å²) in [6, 6.07) is 12.0. The smallest absolute Gasteiger partial charge is 0.226 e. The first-order valence-electron chi connectivity index (χ1n) is 10.4. The molecule has 0 aliphatic carbocycles. The van der Waals surface area contributed by atoms with E-state index in [9.17, 15) is 14.0 Å². The molecule has 1 aliphatic heterocycles. The molecule has 1 aliphatic rings. The fraction of sp³-hybridized carbons (Fsp3) is 0.417. The summed E-state index contributed by atoms with van der Waals surface area (Å²) in [5.41, 5.74) is 2.30. The van der Waals surface area contributed by atoms with Gasteiger partial charge in [0.25, 0.3) is 0 Å². The van der Waals surface area contributed by atoms with E-state index in [1.54, 1.807) is 26.2 Å². The zero-order valence-corrected chi connectivity index (χ0v) is 17.8. The summed E-state index contributed by atoms with van der Waals surface area (Å²) in [5.74, 6) is -0.162. The van der Waals surface area contributed by atoms with Crippen molar-refractivity contribution in [1.29, 1.82) is 0 Å². The van der Waals surface area contributed by atoms with Crippen molar-refractivity contribution in [3.8, 4) is 5.75 Å². The fourth-order valence-electron chi connectivity index (χ4n) is 3.97. The number of ether oxygens (including phenoxy) is 1. The third-order valence-electron chi connectivity index (χ3n) is 5.67. The molecular weight excluding hydrogens is 383 g/mol. The lowest BCUT2D eigenvalue weighted by Crippen LogP contribution is -2.35. The van der Waals surface area contributed by atoms with Crippen LogP contribution >= 0.6 is 0 Å². The van der Waals surface area contributed by atoms with Crippen molar-refractivity contribution in [1.82, 2.24) is 10.2 Å². The highest BCUT2D eigenvalue weighted by Gasteiger charge is 2.44. The first-order valence-corrected chi connectivity index (χ1v) is 10.4. The summed E-state index contributed by atoms with van der Waals surface area (Å²) in [7, 11) is 1.61. The third kappa shape index (κ3) is 4.81. The first kappa shape index (κ1) is 21.8. The lowest BCUT2D eigenvalue weighted by atomic mass is 9.92. The molecule has 2 aromatic carbocycles. The van der Waals surface area contributed by atoms with E-state index in [0.29, 0.717) is 18.7 Å². The normalized spacial score (nSPS) is 18.5. The molecule has 2 atom stereocenters. The van der Waals surface area contributed by atoms with Crippen LogP contribution in [0.4, 0.5) is 4.39 Å². The maximum Gasteiger partial charge on any atom is 0.226 e. The summed E-state index contributed by atoms with van der Waals surface area (Å²) in [4.78, 5) is 27.6. The summed E-state index contributed by atoms with van der Waals surface area (Å²) in [6.07, 6.45) is 2.05. The van der Waals surface area contributed by atoms with E-state index in [4.69, 9.17) is 4.74 Å². The molecule has 0 spiro atoms. The molecule has 1 fully saturated rings. The number of halogens is 1. The molecule has 6 heteroatoms. The van der Waals surface area contributed by atoms with Crippen molar-refractivity contribution < 1.29 is 18.7 Å². The zero-order valence-electron chi connectivity index (χ0n) is 17.8. The average Bonchev–Trinajstić information content (AvgIpc) is 3.09. The van der Waals surface area contributed by atoms with E-state index in [0.717, 1.165) is 29.7 Å². The molecule has 0 saturated carbocycles.